The van der Waals surface area contributed by atoms with Crippen LogP contribution in [0.2, 0.25) is 0 Å². The maximum absolute atomic E-state index is 13.1. The van der Waals surface area contributed by atoms with E-state index in [1.54, 1.807) is 14.2 Å². The third-order valence-electron chi connectivity index (χ3n) is 6.23. The molecule has 1 heterocycles. The Morgan fingerprint density at radius 2 is 1.88 bits per heavy atom. The lowest BCUT2D eigenvalue weighted by atomic mass is 9.84. The quantitative estimate of drug-likeness (QED) is 0.511. The van der Waals surface area contributed by atoms with E-state index in [1.807, 2.05) is 42.5 Å². The highest BCUT2D eigenvalue weighted by molar-refractivity contribution is 6.05. The molecular weight excluding hydrogens is 432 g/mol. The number of aromatic nitrogens is 1. The van der Waals surface area contributed by atoms with Gasteiger partial charge in [0.15, 0.2) is 18.1 Å². The zero-order chi connectivity index (χ0) is 24.1. The minimum Gasteiger partial charge on any atom is -0.493 e. The van der Waals surface area contributed by atoms with Gasteiger partial charge in [-0.1, -0.05) is 31.2 Å². The van der Waals surface area contributed by atoms with Crippen LogP contribution in [0.15, 0.2) is 42.5 Å². The molecule has 2 aromatic carbocycles. The highest BCUT2D eigenvalue weighted by Crippen LogP contribution is 2.32. The molecule has 1 aliphatic carbocycles. The molecule has 7 nitrogen and oxygen atoms in total. The summed E-state index contributed by atoms with van der Waals surface area (Å²) in [5.74, 6) is 0.959. The minimum absolute atomic E-state index is 0.328. The van der Waals surface area contributed by atoms with E-state index in [-0.39, 0.29) is 12.5 Å². The maximum Gasteiger partial charge on any atom is 0.339 e. The molecule has 0 fully saturated rings. The SMILES string of the molecule is COc1ccc(CCNC(=O)COC(=O)c2c3c(nc4ccccc24)CCC(C)C3)cc1OC. The smallest absolute Gasteiger partial charge is 0.339 e. The van der Waals surface area contributed by atoms with Crippen molar-refractivity contribution < 1.29 is 23.8 Å². The molecule has 0 bridgehead atoms. The van der Waals surface area contributed by atoms with Gasteiger partial charge in [-0.15, -0.1) is 0 Å². The lowest BCUT2D eigenvalue weighted by Crippen LogP contribution is -2.31. The number of hydrogen-bond donors (Lipinski definition) is 1. The first-order valence-corrected chi connectivity index (χ1v) is 11.6. The number of esters is 1. The number of fused-ring (bicyclic) bond motifs is 2. The molecule has 1 unspecified atom stereocenters. The number of carbonyl (C=O) groups excluding carboxylic acids is 2. The van der Waals surface area contributed by atoms with Crippen LogP contribution in [-0.2, 0) is 28.8 Å². The first kappa shape index (κ1) is 23.5. The van der Waals surface area contributed by atoms with Gasteiger partial charge in [-0.25, -0.2) is 4.79 Å². The van der Waals surface area contributed by atoms with Crippen molar-refractivity contribution in [3.05, 3.63) is 64.8 Å². The Balaban J connectivity index is 1.38. The highest BCUT2D eigenvalue weighted by atomic mass is 16.5. The summed E-state index contributed by atoms with van der Waals surface area (Å²) >= 11 is 0. The average Bonchev–Trinajstić information content (AvgIpc) is 2.85. The van der Waals surface area contributed by atoms with Gasteiger partial charge in [-0.05, 0) is 60.9 Å². The van der Waals surface area contributed by atoms with Crippen LogP contribution in [0.25, 0.3) is 10.9 Å². The molecule has 0 saturated heterocycles. The van der Waals surface area contributed by atoms with Crippen molar-refractivity contribution in [2.24, 2.45) is 5.92 Å². The van der Waals surface area contributed by atoms with E-state index in [0.717, 1.165) is 47.0 Å². The van der Waals surface area contributed by atoms with E-state index in [0.29, 0.717) is 35.9 Å². The summed E-state index contributed by atoms with van der Waals surface area (Å²) < 4.78 is 16.0. The monoisotopic (exact) mass is 462 g/mol. The molecule has 1 aromatic heterocycles. The highest BCUT2D eigenvalue weighted by Gasteiger charge is 2.26. The molecule has 0 aliphatic heterocycles. The summed E-state index contributed by atoms with van der Waals surface area (Å²) in [6.07, 6.45) is 3.29. The Kier molecular flexibility index (Phi) is 7.30. The largest absolute Gasteiger partial charge is 0.493 e. The number of hydrogen-bond acceptors (Lipinski definition) is 6. The van der Waals surface area contributed by atoms with Crippen LogP contribution in [0.4, 0.5) is 0 Å². The Bertz CT molecular complexity index is 1210. The first-order chi connectivity index (χ1) is 16.5. The van der Waals surface area contributed by atoms with Crippen molar-refractivity contribution in [3.63, 3.8) is 0 Å². The second-order valence-corrected chi connectivity index (χ2v) is 8.64. The van der Waals surface area contributed by atoms with Gasteiger partial charge >= 0.3 is 5.97 Å². The number of pyridine rings is 1. The molecule has 4 rings (SSSR count). The van der Waals surface area contributed by atoms with Crippen LogP contribution in [0.3, 0.4) is 0 Å². The van der Waals surface area contributed by atoms with Crippen molar-refractivity contribution in [2.45, 2.75) is 32.6 Å². The fraction of sp³-hybridized carbons (Fsp3) is 0.370. The summed E-state index contributed by atoms with van der Waals surface area (Å²) in [5.41, 5.74) is 4.24. The Labute approximate surface area is 199 Å². The number of ether oxygens (including phenoxy) is 3. The van der Waals surface area contributed by atoms with Crippen molar-refractivity contribution in [2.75, 3.05) is 27.4 Å². The number of aryl methyl sites for hydroxylation is 1. The molecule has 0 saturated carbocycles. The second-order valence-electron chi connectivity index (χ2n) is 8.64. The lowest BCUT2D eigenvalue weighted by Gasteiger charge is -2.24. The van der Waals surface area contributed by atoms with Crippen LogP contribution in [0, 0.1) is 5.92 Å². The van der Waals surface area contributed by atoms with Gasteiger partial charge in [0.25, 0.3) is 5.91 Å². The summed E-state index contributed by atoms with van der Waals surface area (Å²) in [6, 6.07) is 13.2. The number of nitrogens with one attached hydrogen (secondary N) is 1. The molecule has 1 atom stereocenters. The van der Waals surface area contributed by atoms with E-state index in [2.05, 4.69) is 12.2 Å². The second kappa shape index (κ2) is 10.5. The molecular formula is C27H30N2O5. The van der Waals surface area contributed by atoms with E-state index in [9.17, 15) is 9.59 Å². The summed E-state index contributed by atoms with van der Waals surface area (Å²) in [4.78, 5) is 30.2. The van der Waals surface area contributed by atoms with Gasteiger partial charge in [0.2, 0.25) is 0 Å². The van der Waals surface area contributed by atoms with Gasteiger partial charge < -0.3 is 19.5 Å². The molecule has 1 amide bonds. The van der Waals surface area contributed by atoms with Gasteiger partial charge in [0.1, 0.15) is 0 Å². The maximum atomic E-state index is 13.1. The topological polar surface area (TPSA) is 86.8 Å². The third-order valence-corrected chi connectivity index (χ3v) is 6.23. The number of methoxy groups -OCH3 is 2. The molecule has 0 spiro atoms. The fourth-order valence-electron chi connectivity index (χ4n) is 4.43. The van der Waals surface area contributed by atoms with Crippen molar-refractivity contribution in [1.29, 1.82) is 0 Å². The fourth-order valence-corrected chi connectivity index (χ4v) is 4.43. The summed E-state index contributed by atoms with van der Waals surface area (Å²) in [5, 5.41) is 3.58. The van der Waals surface area contributed by atoms with Crippen molar-refractivity contribution >= 4 is 22.8 Å². The average molecular weight is 463 g/mol. The van der Waals surface area contributed by atoms with Crippen molar-refractivity contribution in [3.8, 4) is 11.5 Å². The molecule has 0 radical (unpaired) electrons. The van der Waals surface area contributed by atoms with Crippen LogP contribution < -0.4 is 14.8 Å². The number of carbonyl (C=O) groups is 2. The van der Waals surface area contributed by atoms with Crippen LogP contribution in [0.5, 0.6) is 11.5 Å². The van der Waals surface area contributed by atoms with E-state index < -0.39 is 5.97 Å². The van der Waals surface area contributed by atoms with E-state index >= 15 is 0 Å². The molecule has 34 heavy (non-hydrogen) atoms. The number of benzene rings is 2. The third kappa shape index (κ3) is 5.14. The van der Waals surface area contributed by atoms with Gasteiger partial charge in [0.05, 0.1) is 25.3 Å². The summed E-state index contributed by atoms with van der Waals surface area (Å²) in [7, 11) is 3.17. The number of rotatable bonds is 8. The molecule has 178 valence electrons. The van der Waals surface area contributed by atoms with Crippen LogP contribution >= 0.6 is 0 Å². The molecule has 1 N–H and O–H groups in total. The predicted octanol–water partition coefficient (Wildman–Crippen LogP) is 3.89. The van der Waals surface area contributed by atoms with E-state index in [4.69, 9.17) is 19.2 Å². The molecule has 3 aromatic rings. The number of para-hydroxylation sites is 1. The first-order valence-electron chi connectivity index (χ1n) is 11.6. The standard InChI is InChI=1S/C27H30N2O5/c1-17-8-10-22-20(14-17)26(19-6-4-5-7-21(19)29-22)27(31)34-16-25(30)28-13-12-18-9-11-23(32-2)24(15-18)33-3/h4-7,9,11,15,17H,8,10,12-14,16H2,1-3H3,(H,28,30). The number of nitrogens with zero attached hydrogens (tertiary/aromatic N) is 1. The Morgan fingerprint density at radius 3 is 2.68 bits per heavy atom. The van der Waals surface area contributed by atoms with Gasteiger partial charge in [-0.2, -0.15) is 0 Å². The Morgan fingerprint density at radius 1 is 1.09 bits per heavy atom. The molecule has 7 heteroatoms. The predicted molar refractivity (Wildman–Crippen MR) is 129 cm³/mol. The van der Waals surface area contributed by atoms with Crippen molar-refractivity contribution in [1.82, 2.24) is 10.3 Å². The zero-order valence-corrected chi connectivity index (χ0v) is 19.8. The zero-order valence-electron chi connectivity index (χ0n) is 19.8. The van der Waals surface area contributed by atoms with Gasteiger partial charge in [0, 0.05) is 17.6 Å². The van der Waals surface area contributed by atoms with Crippen LogP contribution in [0.1, 0.15) is 40.5 Å². The van der Waals surface area contributed by atoms with E-state index in [1.165, 1.54) is 0 Å². The minimum atomic E-state index is -0.473. The summed E-state index contributed by atoms with van der Waals surface area (Å²) in [6.45, 7) is 2.27. The van der Waals surface area contributed by atoms with Crippen LogP contribution in [-0.4, -0.2) is 44.2 Å². The lowest BCUT2D eigenvalue weighted by molar-refractivity contribution is -0.124. The molecule has 1 aliphatic rings. The van der Waals surface area contributed by atoms with Gasteiger partial charge in [-0.3, -0.25) is 9.78 Å². The Hall–Kier alpha value is -3.61. The number of amides is 1. The normalized spacial score (nSPS) is 14.9.